The number of hydrogen-bond donors (Lipinski definition) is 1. The summed E-state index contributed by atoms with van der Waals surface area (Å²) in [5.41, 5.74) is 1.84. The van der Waals surface area contributed by atoms with Gasteiger partial charge in [0.1, 0.15) is 6.04 Å². The molecule has 7 nitrogen and oxygen atoms in total. The largest absolute Gasteiger partial charge is 0.337 e. The van der Waals surface area contributed by atoms with Crippen LogP contribution in [0.25, 0.3) is 0 Å². The minimum absolute atomic E-state index is 0.181. The molecule has 0 radical (unpaired) electrons. The van der Waals surface area contributed by atoms with E-state index in [1.807, 2.05) is 42.5 Å². The van der Waals surface area contributed by atoms with Gasteiger partial charge in [-0.25, -0.2) is 4.79 Å². The highest BCUT2D eigenvalue weighted by atomic mass is 16.2. The van der Waals surface area contributed by atoms with Crippen LogP contribution in [0.4, 0.5) is 10.5 Å². The molecule has 5 rings (SSSR count). The van der Waals surface area contributed by atoms with E-state index < -0.39 is 18.0 Å². The van der Waals surface area contributed by atoms with Gasteiger partial charge < -0.3 is 10.2 Å². The van der Waals surface area contributed by atoms with Gasteiger partial charge in [-0.05, 0) is 73.3 Å². The average Bonchev–Trinajstić information content (AvgIpc) is 3.71. The number of hydrogen-bond acceptors (Lipinski definition) is 4. The molecule has 4 amide bonds. The standard InChI is InChI=1S/C28H34N4O3/c1-31(22-10-6-3-7-11-22)26(34)24-23(18-20-12-16-29-17-13-20)25(33)32(24)27(35)30-19-28(14-15-28)21-8-4-2-5-9-21/h3,6-7,10-13,16-17,21,23-24H,2,4-5,8-9,14-15,18-19H2,1H3,(H,30,35)/t23-,24+/m1/s1. The summed E-state index contributed by atoms with van der Waals surface area (Å²) in [6.45, 7) is 0.588. The number of likely N-dealkylation sites (tertiary alicyclic amines) is 1. The third-order valence-electron chi connectivity index (χ3n) is 8.32. The monoisotopic (exact) mass is 474 g/mol. The highest BCUT2D eigenvalue weighted by Crippen LogP contribution is 2.56. The Labute approximate surface area is 206 Å². The predicted molar refractivity (Wildman–Crippen MR) is 134 cm³/mol. The van der Waals surface area contributed by atoms with Gasteiger partial charge in [-0.3, -0.25) is 19.5 Å². The number of nitrogens with zero attached hydrogens (tertiary/aromatic N) is 3. The van der Waals surface area contributed by atoms with Crippen LogP contribution in [0.2, 0.25) is 0 Å². The maximum atomic E-state index is 13.6. The minimum Gasteiger partial charge on any atom is -0.337 e. The van der Waals surface area contributed by atoms with E-state index in [9.17, 15) is 14.4 Å². The van der Waals surface area contributed by atoms with Gasteiger partial charge in [0.2, 0.25) is 5.91 Å². The van der Waals surface area contributed by atoms with Gasteiger partial charge in [0, 0.05) is 31.7 Å². The van der Waals surface area contributed by atoms with Gasteiger partial charge in [-0.2, -0.15) is 0 Å². The van der Waals surface area contributed by atoms with E-state index in [0.717, 1.165) is 29.0 Å². The highest BCUT2D eigenvalue weighted by molar-refractivity contribution is 6.12. The second-order valence-electron chi connectivity index (χ2n) is 10.4. The van der Waals surface area contributed by atoms with Gasteiger partial charge in [-0.1, -0.05) is 37.5 Å². The Hall–Kier alpha value is -3.22. The number of β-lactam (4-membered cyclic amide) rings is 1. The van der Waals surface area contributed by atoms with Crippen LogP contribution in [0.3, 0.4) is 0 Å². The van der Waals surface area contributed by atoms with Crippen molar-refractivity contribution in [3.8, 4) is 0 Å². The first-order valence-electron chi connectivity index (χ1n) is 12.8. The number of carbonyl (C=O) groups is 3. The normalized spacial score (nSPS) is 23.3. The lowest BCUT2D eigenvalue weighted by Gasteiger charge is -2.46. The number of para-hydroxylation sites is 1. The van der Waals surface area contributed by atoms with Crippen molar-refractivity contribution in [3.63, 3.8) is 0 Å². The minimum atomic E-state index is -0.828. The zero-order valence-electron chi connectivity index (χ0n) is 20.4. The topological polar surface area (TPSA) is 82.6 Å². The highest BCUT2D eigenvalue weighted by Gasteiger charge is 2.56. The first-order chi connectivity index (χ1) is 17.0. The van der Waals surface area contributed by atoms with Crippen LogP contribution in [-0.4, -0.2) is 47.4 Å². The van der Waals surface area contributed by atoms with Crippen LogP contribution >= 0.6 is 0 Å². The van der Waals surface area contributed by atoms with E-state index in [0.29, 0.717) is 18.9 Å². The number of imide groups is 1. The van der Waals surface area contributed by atoms with Crippen LogP contribution in [0, 0.1) is 17.3 Å². The maximum absolute atomic E-state index is 13.6. The summed E-state index contributed by atoms with van der Waals surface area (Å²) in [6, 6.07) is 11.7. The lowest BCUT2D eigenvalue weighted by molar-refractivity contribution is -0.156. The molecule has 3 fully saturated rings. The molecule has 0 bridgehead atoms. The molecule has 2 aromatic rings. The summed E-state index contributed by atoms with van der Waals surface area (Å²) in [4.78, 5) is 46.8. The molecule has 3 aliphatic rings. The number of pyridine rings is 1. The molecule has 7 heteroatoms. The van der Waals surface area contributed by atoms with Crippen LogP contribution < -0.4 is 10.2 Å². The zero-order valence-corrected chi connectivity index (χ0v) is 20.4. The van der Waals surface area contributed by atoms with E-state index in [2.05, 4.69) is 10.3 Å². The number of nitrogens with one attached hydrogen (secondary N) is 1. The molecular formula is C28H34N4O3. The van der Waals surface area contributed by atoms with Crippen LogP contribution in [0.15, 0.2) is 54.9 Å². The summed E-state index contributed by atoms with van der Waals surface area (Å²) in [7, 11) is 1.70. The number of anilines is 1. The maximum Gasteiger partial charge on any atom is 0.324 e. The van der Waals surface area contributed by atoms with Crippen molar-refractivity contribution in [3.05, 3.63) is 60.4 Å². The Bertz CT molecular complexity index is 1060. The molecular weight excluding hydrogens is 440 g/mol. The molecule has 184 valence electrons. The summed E-state index contributed by atoms with van der Waals surface area (Å²) < 4.78 is 0. The number of aromatic nitrogens is 1. The number of rotatable bonds is 7. The first-order valence-corrected chi connectivity index (χ1v) is 12.8. The predicted octanol–water partition coefficient (Wildman–Crippen LogP) is 4.18. The van der Waals surface area contributed by atoms with Crippen LogP contribution in [0.1, 0.15) is 50.5 Å². The van der Waals surface area contributed by atoms with Crippen molar-refractivity contribution >= 4 is 23.5 Å². The van der Waals surface area contributed by atoms with E-state index in [-0.39, 0.29) is 17.2 Å². The molecule has 1 aromatic carbocycles. The molecule has 2 atom stereocenters. The molecule has 1 N–H and O–H groups in total. The van der Waals surface area contributed by atoms with Gasteiger partial charge >= 0.3 is 6.03 Å². The van der Waals surface area contributed by atoms with Gasteiger partial charge in [0.05, 0.1) is 5.92 Å². The average molecular weight is 475 g/mol. The van der Waals surface area contributed by atoms with Crippen molar-refractivity contribution in [2.45, 2.75) is 57.4 Å². The Kier molecular flexibility index (Phi) is 6.58. The summed E-state index contributed by atoms with van der Waals surface area (Å²) in [6.07, 6.45) is 12.3. The van der Waals surface area contributed by atoms with E-state index in [4.69, 9.17) is 0 Å². The van der Waals surface area contributed by atoms with Crippen molar-refractivity contribution in [2.24, 2.45) is 17.3 Å². The molecule has 1 saturated heterocycles. The lowest BCUT2D eigenvalue weighted by atomic mass is 9.77. The number of carbonyl (C=O) groups excluding carboxylic acids is 3. The van der Waals surface area contributed by atoms with Crippen LogP contribution in [0.5, 0.6) is 0 Å². The quantitative estimate of drug-likeness (QED) is 0.610. The molecule has 1 aromatic heterocycles. The second kappa shape index (κ2) is 9.80. The number of benzene rings is 1. The Balaban J connectivity index is 1.31. The molecule has 0 spiro atoms. The van der Waals surface area contributed by atoms with Crippen molar-refractivity contribution in [1.82, 2.24) is 15.2 Å². The number of urea groups is 1. The third-order valence-corrected chi connectivity index (χ3v) is 8.32. The van der Waals surface area contributed by atoms with E-state index in [1.165, 1.54) is 32.1 Å². The van der Waals surface area contributed by atoms with Gasteiger partial charge in [-0.15, -0.1) is 0 Å². The van der Waals surface area contributed by atoms with E-state index in [1.54, 1.807) is 24.3 Å². The molecule has 0 unspecified atom stereocenters. The lowest BCUT2D eigenvalue weighted by Crippen LogP contribution is -2.70. The number of amides is 4. The molecule has 35 heavy (non-hydrogen) atoms. The van der Waals surface area contributed by atoms with Crippen molar-refractivity contribution < 1.29 is 14.4 Å². The summed E-state index contributed by atoms with van der Waals surface area (Å²) in [5, 5.41) is 3.05. The second-order valence-corrected chi connectivity index (χ2v) is 10.4. The molecule has 2 saturated carbocycles. The SMILES string of the molecule is CN(C(=O)[C@@H]1[C@@H](Cc2ccncc2)C(=O)N1C(=O)NCC1(C2CCCCC2)CC1)c1ccccc1. The smallest absolute Gasteiger partial charge is 0.324 e. The van der Waals surface area contributed by atoms with E-state index >= 15 is 0 Å². The van der Waals surface area contributed by atoms with Gasteiger partial charge in [0.15, 0.2) is 0 Å². The first kappa shape index (κ1) is 23.5. The van der Waals surface area contributed by atoms with Gasteiger partial charge in [0.25, 0.3) is 5.91 Å². The Morgan fingerprint density at radius 3 is 2.40 bits per heavy atom. The molecule has 1 aliphatic heterocycles. The summed E-state index contributed by atoms with van der Waals surface area (Å²) in [5.74, 6) is -0.458. The fourth-order valence-electron chi connectivity index (χ4n) is 5.95. The van der Waals surface area contributed by atoms with Crippen molar-refractivity contribution in [1.29, 1.82) is 0 Å². The summed E-state index contributed by atoms with van der Waals surface area (Å²) >= 11 is 0. The number of likely N-dealkylation sites (N-methyl/N-ethyl adjacent to an activating group) is 1. The fourth-order valence-corrected chi connectivity index (χ4v) is 5.95. The molecule has 2 heterocycles. The Morgan fingerprint density at radius 2 is 1.74 bits per heavy atom. The molecule has 2 aliphatic carbocycles. The Morgan fingerprint density at radius 1 is 1.06 bits per heavy atom. The van der Waals surface area contributed by atoms with Crippen molar-refractivity contribution in [2.75, 3.05) is 18.5 Å². The zero-order chi connectivity index (χ0) is 24.4. The van der Waals surface area contributed by atoms with Crippen LogP contribution in [-0.2, 0) is 16.0 Å². The fraction of sp³-hybridized carbons (Fsp3) is 0.500. The third kappa shape index (κ3) is 4.68.